The second-order valence-corrected chi connectivity index (χ2v) is 8.19. The van der Waals surface area contributed by atoms with E-state index < -0.39 is 0 Å². The van der Waals surface area contributed by atoms with Gasteiger partial charge in [-0.3, -0.25) is 9.78 Å². The van der Waals surface area contributed by atoms with Crippen molar-refractivity contribution < 1.29 is 4.79 Å². The number of likely N-dealkylation sites (tertiary alicyclic amines) is 2. The van der Waals surface area contributed by atoms with E-state index in [0.717, 1.165) is 39.0 Å². The summed E-state index contributed by atoms with van der Waals surface area (Å²) in [6.45, 7) is 4.99. The van der Waals surface area contributed by atoms with Gasteiger partial charge >= 0.3 is 0 Å². The lowest BCUT2D eigenvalue weighted by molar-refractivity contribution is -0.140. The van der Waals surface area contributed by atoms with Crippen molar-refractivity contribution in [2.24, 2.45) is 5.41 Å². The summed E-state index contributed by atoms with van der Waals surface area (Å²) in [5.74, 6) is 0.315. The van der Waals surface area contributed by atoms with E-state index in [-0.39, 0.29) is 5.41 Å². The van der Waals surface area contributed by atoms with Gasteiger partial charge < -0.3 is 9.80 Å². The van der Waals surface area contributed by atoms with Gasteiger partial charge in [0, 0.05) is 56.3 Å². The summed E-state index contributed by atoms with van der Waals surface area (Å²) < 4.78 is 0. The highest BCUT2D eigenvalue weighted by atomic mass is 16.2. The highest BCUT2D eigenvalue weighted by molar-refractivity contribution is 5.77. The molecule has 1 spiro atoms. The lowest BCUT2D eigenvalue weighted by atomic mass is 9.73. The molecule has 1 amide bonds. The minimum absolute atomic E-state index is 0.269. The average Bonchev–Trinajstić information content (AvgIpc) is 2.71. The van der Waals surface area contributed by atoms with Crippen LogP contribution < -0.4 is 0 Å². The molecule has 4 heteroatoms. The fourth-order valence-corrected chi connectivity index (χ4v) is 4.70. The fourth-order valence-electron chi connectivity index (χ4n) is 4.70. The maximum absolute atomic E-state index is 12.5. The zero-order valence-electron chi connectivity index (χ0n) is 16.0. The fraction of sp³-hybridized carbons (Fsp3) is 0.478. The first kappa shape index (κ1) is 18.2. The molecule has 142 valence electrons. The van der Waals surface area contributed by atoms with Crippen molar-refractivity contribution in [3.63, 3.8) is 0 Å². The van der Waals surface area contributed by atoms with Gasteiger partial charge in [-0.2, -0.15) is 0 Å². The number of amides is 1. The molecule has 0 radical (unpaired) electrons. The Morgan fingerprint density at radius 3 is 2.67 bits per heavy atom. The Morgan fingerprint density at radius 1 is 1.00 bits per heavy atom. The molecule has 1 atom stereocenters. The number of nitrogens with zero attached hydrogens (tertiary/aromatic N) is 3. The van der Waals surface area contributed by atoms with Gasteiger partial charge in [-0.05, 0) is 43.5 Å². The number of piperidine rings is 2. The second-order valence-electron chi connectivity index (χ2n) is 8.19. The van der Waals surface area contributed by atoms with Crippen molar-refractivity contribution in [3.05, 3.63) is 66.0 Å². The summed E-state index contributed by atoms with van der Waals surface area (Å²) in [5, 5.41) is 0. The van der Waals surface area contributed by atoms with Crippen LogP contribution in [-0.2, 0) is 17.8 Å². The van der Waals surface area contributed by atoms with Crippen molar-refractivity contribution in [1.82, 2.24) is 14.8 Å². The quantitative estimate of drug-likeness (QED) is 0.815. The molecule has 2 aliphatic rings. The molecule has 2 fully saturated rings. The molecule has 4 nitrogen and oxygen atoms in total. The number of rotatable bonds is 5. The van der Waals surface area contributed by atoms with Gasteiger partial charge in [-0.1, -0.05) is 36.4 Å². The number of carbonyl (C=O) groups excluding carboxylic acids is 1. The topological polar surface area (TPSA) is 36.4 Å². The van der Waals surface area contributed by atoms with Gasteiger partial charge in [-0.15, -0.1) is 0 Å². The van der Waals surface area contributed by atoms with E-state index in [0.29, 0.717) is 12.3 Å². The predicted molar refractivity (Wildman–Crippen MR) is 107 cm³/mol. The average molecular weight is 364 g/mol. The van der Waals surface area contributed by atoms with Crippen LogP contribution in [0.5, 0.6) is 0 Å². The standard InChI is InChI=1S/C23H29N3O/c27-22-10-13-23(19-26(22)17-20-7-2-1-3-8-20)12-6-15-25(18-23)16-11-21-9-4-5-14-24-21/h1-5,7-9,14H,6,10-13,15-19H2/t23-/m1/s1. The number of hydrogen-bond donors (Lipinski definition) is 0. The molecule has 2 saturated heterocycles. The summed E-state index contributed by atoms with van der Waals surface area (Å²) in [7, 11) is 0. The smallest absolute Gasteiger partial charge is 0.222 e. The summed E-state index contributed by atoms with van der Waals surface area (Å²) >= 11 is 0. The van der Waals surface area contributed by atoms with E-state index >= 15 is 0 Å². The molecule has 3 heterocycles. The molecule has 4 rings (SSSR count). The highest BCUT2D eigenvalue weighted by Gasteiger charge is 2.41. The minimum Gasteiger partial charge on any atom is -0.338 e. The van der Waals surface area contributed by atoms with Crippen molar-refractivity contribution in [2.45, 2.75) is 38.6 Å². The van der Waals surface area contributed by atoms with Crippen LogP contribution in [0, 0.1) is 5.41 Å². The van der Waals surface area contributed by atoms with Crippen molar-refractivity contribution in [1.29, 1.82) is 0 Å². The van der Waals surface area contributed by atoms with Crippen LogP contribution in [0.4, 0.5) is 0 Å². The lowest BCUT2D eigenvalue weighted by Gasteiger charge is -2.48. The normalized spacial score (nSPS) is 23.7. The van der Waals surface area contributed by atoms with E-state index in [2.05, 4.69) is 51.2 Å². The van der Waals surface area contributed by atoms with Gasteiger partial charge in [0.25, 0.3) is 0 Å². The largest absolute Gasteiger partial charge is 0.338 e. The van der Waals surface area contributed by atoms with Crippen LogP contribution in [0.3, 0.4) is 0 Å². The first-order valence-corrected chi connectivity index (χ1v) is 10.2. The molecule has 0 bridgehead atoms. The van der Waals surface area contributed by atoms with Crippen LogP contribution >= 0.6 is 0 Å². The van der Waals surface area contributed by atoms with Crippen molar-refractivity contribution in [3.8, 4) is 0 Å². The molecule has 0 aliphatic carbocycles. The maximum Gasteiger partial charge on any atom is 0.222 e. The van der Waals surface area contributed by atoms with Crippen LogP contribution in [0.1, 0.15) is 36.9 Å². The predicted octanol–water partition coefficient (Wildman–Crippen LogP) is 3.53. The summed E-state index contributed by atoms with van der Waals surface area (Å²) in [6.07, 6.45) is 7.09. The molecule has 0 unspecified atom stereocenters. The van der Waals surface area contributed by atoms with Gasteiger partial charge in [0.1, 0.15) is 0 Å². The third kappa shape index (κ3) is 4.56. The summed E-state index contributed by atoms with van der Waals surface area (Å²) in [6, 6.07) is 16.5. The number of aromatic nitrogens is 1. The Bertz CT molecular complexity index is 749. The van der Waals surface area contributed by atoms with Crippen LogP contribution in [0.15, 0.2) is 54.7 Å². The van der Waals surface area contributed by atoms with E-state index in [4.69, 9.17) is 0 Å². The van der Waals surface area contributed by atoms with Gasteiger partial charge in [0.15, 0.2) is 0 Å². The zero-order chi connectivity index (χ0) is 18.5. The first-order chi connectivity index (χ1) is 13.2. The Balaban J connectivity index is 1.38. The van der Waals surface area contributed by atoms with Crippen LogP contribution in [-0.4, -0.2) is 46.9 Å². The maximum atomic E-state index is 12.5. The molecule has 27 heavy (non-hydrogen) atoms. The highest BCUT2D eigenvalue weighted by Crippen LogP contribution is 2.39. The van der Waals surface area contributed by atoms with Gasteiger partial charge in [0.05, 0.1) is 0 Å². The van der Waals surface area contributed by atoms with Crippen LogP contribution in [0.2, 0.25) is 0 Å². The molecular weight excluding hydrogens is 334 g/mol. The minimum atomic E-state index is 0.269. The number of benzene rings is 1. The van der Waals surface area contributed by atoms with Crippen LogP contribution in [0.25, 0.3) is 0 Å². The molecule has 1 aromatic carbocycles. The number of pyridine rings is 1. The van der Waals surface area contributed by atoms with E-state index in [1.807, 2.05) is 18.3 Å². The lowest BCUT2D eigenvalue weighted by Crippen LogP contribution is -2.54. The zero-order valence-corrected chi connectivity index (χ0v) is 16.0. The Kier molecular flexibility index (Phi) is 5.53. The first-order valence-electron chi connectivity index (χ1n) is 10.2. The molecule has 2 aliphatic heterocycles. The number of hydrogen-bond acceptors (Lipinski definition) is 3. The molecular formula is C23H29N3O. The Hall–Kier alpha value is -2.20. The SMILES string of the molecule is O=C1CC[C@@]2(CCCN(CCc3ccccn3)C2)CN1Cc1ccccc1. The third-order valence-electron chi connectivity index (χ3n) is 6.12. The van der Waals surface area contributed by atoms with Crippen molar-refractivity contribution >= 4 is 5.91 Å². The Labute approximate surface area is 162 Å². The molecule has 1 aromatic heterocycles. The monoisotopic (exact) mass is 363 g/mol. The summed E-state index contributed by atoms with van der Waals surface area (Å²) in [4.78, 5) is 21.7. The molecule has 0 N–H and O–H groups in total. The summed E-state index contributed by atoms with van der Waals surface area (Å²) in [5.41, 5.74) is 2.66. The third-order valence-corrected chi connectivity index (χ3v) is 6.12. The molecule has 0 saturated carbocycles. The van der Waals surface area contributed by atoms with E-state index in [1.54, 1.807) is 0 Å². The Morgan fingerprint density at radius 2 is 1.85 bits per heavy atom. The van der Waals surface area contributed by atoms with E-state index in [9.17, 15) is 4.79 Å². The number of carbonyl (C=O) groups is 1. The molecule has 2 aromatic rings. The van der Waals surface area contributed by atoms with Gasteiger partial charge in [-0.25, -0.2) is 0 Å². The van der Waals surface area contributed by atoms with Gasteiger partial charge in [0.2, 0.25) is 5.91 Å². The second kappa shape index (κ2) is 8.22. The van der Waals surface area contributed by atoms with E-state index in [1.165, 1.54) is 30.6 Å². The van der Waals surface area contributed by atoms with Crippen molar-refractivity contribution in [2.75, 3.05) is 26.2 Å².